The number of nitrogens with two attached hydrogens (primary N) is 1. The van der Waals surface area contributed by atoms with E-state index in [1.807, 2.05) is 18.2 Å². The highest BCUT2D eigenvalue weighted by molar-refractivity contribution is 5.50. The first-order valence-corrected chi connectivity index (χ1v) is 7.80. The van der Waals surface area contributed by atoms with Crippen molar-refractivity contribution < 1.29 is 9.47 Å². The molecule has 3 nitrogen and oxygen atoms in total. The Bertz CT molecular complexity index is 508. The first-order valence-electron chi connectivity index (χ1n) is 7.80. The zero-order valence-corrected chi connectivity index (χ0v) is 13.0. The van der Waals surface area contributed by atoms with Crippen molar-refractivity contribution in [2.75, 3.05) is 13.7 Å². The van der Waals surface area contributed by atoms with Gasteiger partial charge in [0.05, 0.1) is 25.3 Å². The number of ether oxygens (including phenoxy) is 2. The Hall–Kier alpha value is -1.66. The number of hydrogen-bond donors (Lipinski definition) is 1. The van der Waals surface area contributed by atoms with Gasteiger partial charge in [0.2, 0.25) is 0 Å². The highest BCUT2D eigenvalue weighted by Crippen LogP contribution is 2.31. The van der Waals surface area contributed by atoms with Crippen LogP contribution in [-0.4, -0.2) is 19.8 Å². The molecule has 1 aromatic rings. The van der Waals surface area contributed by atoms with Crippen LogP contribution in [0.1, 0.15) is 44.6 Å². The highest BCUT2D eigenvalue weighted by atomic mass is 16.5. The van der Waals surface area contributed by atoms with Gasteiger partial charge in [-0.25, -0.2) is 0 Å². The molecule has 21 heavy (non-hydrogen) atoms. The van der Waals surface area contributed by atoms with Crippen LogP contribution in [-0.2, 0) is 0 Å². The Labute approximate surface area is 127 Å². The summed E-state index contributed by atoms with van der Waals surface area (Å²) in [5.74, 6) is 8.48. The van der Waals surface area contributed by atoms with Crippen LogP contribution in [0.15, 0.2) is 18.2 Å². The lowest BCUT2D eigenvalue weighted by Crippen LogP contribution is -2.24. The Kier molecular flexibility index (Phi) is 5.95. The van der Waals surface area contributed by atoms with E-state index in [9.17, 15) is 0 Å². The van der Waals surface area contributed by atoms with E-state index in [-0.39, 0.29) is 0 Å². The van der Waals surface area contributed by atoms with E-state index < -0.39 is 0 Å². The van der Waals surface area contributed by atoms with Crippen LogP contribution in [0, 0.1) is 17.8 Å². The van der Waals surface area contributed by atoms with Crippen LogP contribution in [0.25, 0.3) is 0 Å². The zero-order valence-electron chi connectivity index (χ0n) is 13.0. The zero-order chi connectivity index (χ0) is 15.1. The first kappa shape index (κ1) is 15.7. The minimum Gasteiger partial charge on any atom is -0.497 e. The van der Waals surface area contributed by atoms with Gasteiger partial charge in [-0.2, -0.15) is 0 Å². The fraction of sp³-hybridized carbons (Fsp3) is 0.556. The molecular weight excluding hydrogens is 262 g/mol. The molecule has 1 aliphatic carbocycles. The molecule has 0 spiro atoms. The van der Waals surface area contributed by atoms with Crippen molar-refractivity contribution in [3.8, 4) is 23.3 Å². The lowest BCUT2D eigenvalue weighted by molar-refractivity contribution is 0.129. The van der Waals surface area contributed by atoms with Crippen molar-refractivity contribution in [3.05, 3.63) is 23.8 Å². The summed E-state index contributed by atoms with van der Waals surface area (Å²) in [6.45, 7) is 2.62. The largest absolute Gasteiger partial charge is 0.497 e. The fourth-order valence-corrected chi connectivity index (χ4v) is 2.82. The van der Waals surface area contributed by atoms with Crippen LogP contribution in [0.4, 0.5) is 0 Å². The Morgan fingerprint density at radius 1 is 1.24 bits per heavy atom. The molecule has 0 bridgehead atoms. The third-order valence-electron chi connectivity index (χ3n) is 4.18. The van der Waals surface area contributed by atoms with Gasteiger partial charge in [-0.15, -0.1) is 0 Å². The van der Waals surface area contributed by atoms with Crippen LogP contribution >= 0.6 is 0 Å². The van der Waals surface area contributed by atoms with E-state index in [1.54, 1.807) is 7.11 Å². The monoisotopic (exact) mass is 287 g/mol. The molecular formula is C18H25NO2. The van der Waals surface area contributed by atoms with E-state index in [0.29, 0.717) is 12.6 Å². The average Bonchev–Trinajstić information content (AvgIpc) is 2.54. The molecule has 0 unspecified atom stereocenters. The third kappa shape index (κ3) is 4.41. The molecule has 0 aliphatic heterocycles. The molecule has 1 saturated carbocycles. The third-order valence-corrected chi connectivity index (χ3v) is 4.18. The molecule has 0 amide bonds. The summed E-state index contributed by atoms with van der Waals surface area (Å²) in [5.41, 5.74) is 6.32. The van der Waals surface area contributed by atoms with Crippen molar-refractivity contribution in [1.29, 1.82) is 0 Å². The van der Waals surface area contributed by atoms with E-state index in [0.717, 1.165) is 35.8 Å². The molecule has 0 atom stereocenters. The quantitative estimate of drug-likeness (QED) is 0.864. The molecule has 0 radical (unpaired) electrons. The summed E-state index contributed by atoms with van der Waals surface area (Å²) in [6.07, 6.45) is 6.38. The van der Waals surface area contributed by atoms with E-state index in [2.05, 4.69) is 18.8 Å². The summed E-state index contributed by atoms with van der Waals surface area (Å²) < 4.78 is 11.4. The Morgan fingerprint density at radius 3 is 2.62 bits per heavy atom. The normalized spacial score (nSPS) is 21.3. The number of benzene rings is 1. The maximum atomic E-state index is 6.18. The summed E-state index contributed by atoms with van der Waals surface area (Å²) in [6, 6.07) is 5.78. The van der Waals surface area contributed by atoms with Crippen LogP contribution in [0.5, 0.6) is 11.5 Å². The Balaban J connectivity index is 2.08. The maximum Gasteiger partial charge on any atom is 0.135 e. The smallest absolute Gasteiger partial charge is 0.135 e. The second-order valence-corrected chi connectivity index (χ2v) is 5.54. The minimum absolute atomic E-state index is 0.305. The molecule has 1 fully saturated rings. The fourth-order valence-electron chi connectivity index (χ4n) is 2.82. The topological polar surface area (TPSA) is 44.5 Å². The molecule has 0 heterocycles. The van der Waals surface area contributed by atoms with Gasteiger partial charge in [0.1, 0.15) is 11.5 Å². The van der Waals surface area contributed by atoms with Crippen molar-refractivity contribution in [1.82, 2.24) is 0 Å². The van der Waals surface area contributed by atoms with Gasteiger partial charge >= 0.3 is 0 Å². The second kappa shape index (κ2) is 7.95. The molecule has 0 saturated heterocycles. The molecule has 114 valence electrons. The van der Waals surface area contributed by atoms with Gasteiger partial charge in [-0.1, -0.05) is 25.2 Å². The lowest BCUT2D eigenvalue weighted by Gasteiger charge is -2.28. The van der Waals surface area contributed by atoms with Gasteiger partial charge in [0.25, 0.3) is 0 Å². The van der Waals surface area contributed by atoms with Crippen molar-refractivity contribution >= 4 is 0 Å². The van der Waals surface area contributed by atoms with E-state index >= 15 is 0 Å². The molecule has 3 heteroatoms. The second-order valence-electron chi connectivity index (χ2n) is 5.54. The summed E-state index contributed by atoms with van der Waals surface area (Å²) in [5, 5.41) is 0. The van der Waals surface area contributed by atoms with E-state index in [4.69, 9.17) is 15.2 Å². The van der Waals surface area contributed by atoms with E-state index in [1.165, 1.54) is 19.3 Å². The molecule has 2 rings (SSSR count). The number of hydrogen-bond acceptors (Lipinski definition) is 3. The summed E-state index contributed by atoms with van der Waals surface area (Å²) in [4.78, 5) is 0. The van der Waals surface area contributed by atoms with Crippen LogP contribution < -0.4 is 15.2 Å². The number of rotatable bonds is 4. The van der Waals surface area contributed by atoms with Gasteiger partial charge in [0, 0.05) is 0 Å². The standard InChI is InChI=1S/C18H25NO2/c1-3-14-6-8-16(9-7-14)21-18-11-10-17(20-2)13-15(18)5-4-12-19/h10-11,13-14,16H,3,6-9,12,19H2,1-2H3. The maximum absolute atomic E-state index is 6.18. The first-order chi connectivity index (χ1) is 10.3. The van der Waals surface area contributed by atoms with Crippen LogP contribution in [0.2, 0.25) is 0 Å². The highest BCUT2D eigenvalue weighted by Gasteiger charge is 2.21. The SMILES string of the molecule is CCC1CCC(Oc2ccc(OC)cc2C#CCN)CC1. The average molecular weight is 287 g/mol. The molecule has 2 N–H and O–H groups in total. The predicted molar refractivity (Wildman–Crippen MR) is 85.6 cm³/mol. The number of methoxy groups -OCH3 is 1. The lowest BCUT2D eigenvalue weighted by atomic mass is 9.86. The Morgan fingerprint density at radius 2 is 2.00 bits per heavy atom. The van der Waals surface area contributed by atoms with Crippen LogP contribution in [0.3, 0.4) is 0 Å². The minimum atomic E-state index is 0.305. The predicted octanol–water partition coefficient (Wildman–Crippen LogP) is 3.35. The summed E-state index contributed by atoms with van der Waals surface area (Å²) >= 11 is 0. The molecule has 0 aromatic heterocycles. The van der Waals surface area contributed by atoms with Gasteiger partial charge in [0.15, 0.2) is 0 Å². The van der Waals surface area contributed by atoms with Gasteiger partial charge < -0.3 is 15.2 Å². The molecule has 1 aliphatic rings. The summed E-state index contributed by atoms with van der Waals surface area (Å²) in [7, 11) is 1.65. The molecule has 1 aromatic carbocycles. The van der Waals surface area contributed by atoms with Crippen molar-refractivity contribution in [3.63, 3.8) is 0 Å². The van der Waals surface area contributed by atoms with Crippen molar-refractivity contribution in [2.45, 2.75) is 45.1 Å². The van der Waals surface area contributed by atoms with Gasteiger partial charge in [-0.05, 0) is 49.8 Å². The van der Waals surface area contributed by atoms with Gasteiger partial charge in [-0.3, -0.25) is 0 Å². The van der Waals surface area contributed by atoms with Crippen molar-refractivity contribution in [2.24, 2.45) is 11.7 Å².